The van der Waals surface area contributed by atoms with Crippen LogP contribution in [0, 0.1) is 19.8 Å². The van der Waals surface area contributed by atoms with E-state index in [2.05, 4.69) is 61.7 Å². The largest absolute Gasteiger partial charge is 0.362 e. The highest BCUT2D eigenvalue weighted by atomic mass is 35.5. The average molecular weight is 379 g/mol. The summed E-state index contributed by atoms with van der Waals surface area (Å²) in [4.78, 5) is 1.24. The van der Waals surface area contributed by atoms with Crippen molar-refractivity contribution in [3.05, 3.63) is 58.6 Å². The molecule has 0 amide bonds. The summed E-state index contributed by atoms with van der Waals surface area (Å²) in [5, 5.41) is 8.02. The first-order valence-electron chi connectivity index (χ1n) is 7.94. The van der Waals surface area contributed by atoms with Crippen LogP contribution < -0.4 is 10.6 Å². The Morgan fingerprint density at radius 3 is 2.54 bits per heavy atom. The van der Waals surface area contributed by atoms with E-state index in [1.165, 1.54) is 16.0 Å². The highest BCUT2D eigenvalue weighted by Gasteiger charge is 2.06. The Hall–Kier alpha value is -1.23. The molecule has 0 radical (unpaired) electrons. The maximum absolute atomic E-state index is 5.90. The molecule has 0 aliphatic carbocycles. The van der Waals surface area contributed by atoms with Crippen molar-refractivity contribution in [2.45, 2.75) is 25.7 Å². The number of thioether (sulfide) groups is 1. The minimum absolute atomic E-state index is 0.504. The van der Waals surface area contributed by atoms with Gasteiger partial charge in [-0.2, -0.15) is 0 Å². The lowest BCUT2D eigenvalue weighted by molar-refractivity contribution is 0.637. The summed E-state index contributed by atoms with van der Waals surface area (Å²) in [6, 6.07) is 14.3. The van der Waals surface area contributed by atoms with Crippen molar-refractivity contribution < 1.29 is 0 Å². The molecule has 0 fully saturated rings. The molecule has 0 saturated heterocycles. The summed E-state index contributed by atoms with van der Waals surface area (Å²) in [7, 11) is 0. The van der Waals surface area contributed by atoms with E-state index in [1.54, 1.807) is 0 Å². The standard InChI is InChI=1S/C19H23ClN2S2/c1-13-4-9-18(15(3)10-13)22-19(23)21-11-14(2)12-24-17-7-5-16(20)6-8-17/h4-10,14H,11-12H2,1-3H3,(H2,21,22,23)/t14-/m1/s1. The molecule has 0 spiro atoms. The fraction of sp³-hybridized carbons (Fsp3) is 0.316. The van der Waals surface area contributed by atoms with Gasteiger partial charge in [-0.15, -0.1) is 11.8 Å². The van der Waals surface area contributed by atoms with Gasteiger partial charge in [0.05, 0.1) is 0 Å². The Balaban J connectivity index is 1.73. The highest BCUT2D eigenvalue weighted by Crippen LogP contribution is 2.22. The van der Waals surface area contributed by atoms with Crippen LogP contribution in [0.25, 0.3) is 0 Å². The Morgan fingerprint density at radius 2 is 1.88 bits per heavy atom. The number of aryl methyl sites for hydroxylation is 2. The average Bonchev–Trinajstić information content (AvgIpc) is 2.55. The molecule has 0 bridgehead atoms. The highest BCUT2D eigenvalue weighted by molar-refractivity contribution is 7.99. The molecule has 128 valence electrons. The van der Waals surface area contributed by atoms with E-state index < -0.39 is 0 Å². The van der Waals surface area contributed by atoms with Crippen molar-refractivity contribution >= 4 is 46.4 Å². The van der Waals surface area contributed by atoms with Gasteiger partial charge in [0.1, 0.15) is 0 Å². The van der Waals surface area contributed by atoms with Crippen LogP contribution >= 0.6 is 35.6 Å². The van der Waals surface area contributed by atoms with E-state index in [4.69, 9.17) is 23.8 Å². The molecule has 0 saturated carbocycles. The zero-order chi connectivity index (χ0) is 17.5. The van der Waals surface area contributed by atoms with Crippen LogP contribution in [0.15, 0.2) is 47.4 Å². The maximum Gasteiger partial charge on any atom is 0.170 e. The monoisotopic (exact) mass is 378 g/mol. The number of hydrogen-bond donors (Lipinski definition) is 2. The Labute approximate surface area is 159 Å². The van der Waals surface area contributed by atoms with Crippen molar-refractivity contribution in [2.24, 2.45) is 5.92 Å². The predicted octanol–water partition coefficient (Wildman–Crippen LogP) is 5.67. The number of nitrogens with one attached hydrogen (secondary N) is 2. The van der Waals surface area contributed by atoms with Gasteiger partial charge in [-0.1, -0.05) is 36.2 Å². The van der Waals surface area contributed by atoms with Gasteiger partial charge in [0.15, 0.2) is 5.11 Å². The minimum Gasteiger partial charge on any atom is -0.362 e. The molecule has 2 rings (SSSR count). The second-order valence-electron chi connectivity index (χ2n) is 6.02. The van der Waals surface area contributed by atoms with E-state index in [0.29, 0.717) is 11.0 Å². The maximum atomic E-state index is 5.90. The van der Waals surface area contributed by atoms with Gasteiger partial charge in [-0.25, -0.2) is 0 Å². The molecule has 0 aliphatic rings. The molecule has 2 aromatic rings. The molecule has 0 aliphatic heterocycles. The lowest BCUT2D eigenvalue weighted by Crippen LogP contribution is -2.32. The van der Waals surface area contributed by atoms with E-state index in [1.807, 2.05) is 23.9 Å². The fourth-order valence-electron chi connectivity index (χ4n) is 2.22. The summed E-state index contributed by atoms with van der Waals surface area (Å²) >= 11 is 13.1. The molecule has 24 heavy (non-hydrogen) atoms. The minimum atomic E-state index is 0.504. The van der Waals surface area contributed by atoms with Crippen LogP contribution in [-0.4, -0.2) is 17.4 Å². The number of anilines is 1. The lowest BCUT2D eigenvalue weighted by Gasteiger charge is -2.16. The van der Waals surface area contributed by atoms with Crippen LogP contribution in [0.5, 0.6) is 0 Å². The van der Waals surface area contributed by atoms with Gasteiger partial charge >= 0.3 is 0 Å². The number of benzene rings is 2. The van der Waals surface area contributed by atoms with Gasteiger partial charge in [0.2, 0.25) is 0 Å². The molecular weight excluding hydrogens is 356 g/mol. The zero-order valence-corrected chi connectivity index (χ0v) is 16.6. The first-order valence-corrected chi connectivity index (χ1v) is 9.71. The van der Waals surface area contributed by atoms with Crippen LogP contribution in [0.4, 0.5) is 5.69 Å². The van der Waals surface area contributed by atoms with Gasteiger partial charge in [-0.3, -0.25) is 0 Å². The molecule has 2 aromatic carbocycles. The summed E-state index contributed by atoms with van der Waals surface area (Å²) in [5.74, 6) is 1.53. The molecule has 0 heterocycles. The first-order chi connectivity index (χ1) is 11.4. The third-order valence-electron chi connectivity index (χ3n) is 3.59. The number of rotatable bonds is 6. The summed E-state index contributed by atoms with van der Waals surface area (Å²) in [6.07, 6.45) is 0. The lowest BCUT2D eigenvalue weighted by atomic mass is 10.1. The van der Waals surface area contributed by atoms with Crippen LogP contribution in [0.2, 0.25) is 5.02 Å². The Morgan fingerprint density at radius 1 is 1.17 bits per heavy atom. The van der Waals surface area contributed by atoms with Crippen molar-refractivity contribution in [1.82, 2.24) is 5.32 Å². The van der Waals surface area contributed by atoms with Crippen molar-refractivity contribution in [3.8, 4) is 0 Å². The van der Waals surface area contributed by atoms with Crippen LogP contribution in [0.1, 0.15) is 18.1 Å². The molecular formula is C19H23ClN2S2. The van der Waals surface area contributed by atoms with Crippen LogP contribution in [0.3, 0.4) is 0 Å². The van der Waals surface area contributed by atoms with Gasteiger partial charge < -0.3 is 10.6 Å². The third kappa shape index (κ3) is 6.34. The Bertz CT molecular complexity index is 686. The molecule has 2 N–H and O–H groups in total. The van der Waals surface area contributed by atoms with Crippen molar-refractivity contribution in [2.75, 3.05) is 17.6 Å². The van der Waals surface area contributed by atoms with E-state index in [0.717, 1.165) is 23.0 Å². The first kappa shape index (κ1) is 19.1. The molecule has 0 unspecified atom stereocenters. The normalized spacial score (nSPS) is 11.8. The number of halogens is 1. The second-order valence-corrected chi connectivity index (χ2v) is 7.96. The van der Waals surface area contributed by atoms with Crippen molar-refractivity contribution in [1.29, 1.82) is 0 Å². The van der Waals surface area contributed by atoms with Gasteiger partial charge in [0, 0.05) is 27.9 Å². The number of thiocarbonyl (C=S) groups is 1. The van der Waals surface area contributed by atoms with Crippen LogP contribution in [-0.2, 0) is 0 Å². The second kappa shape index (κ2) is 9.30. The zero-order valence-electron chi connectivity index (χ0n) is 14.2. The molecule has 0 aromatic heterocycles. The van der Waals surface area contributed by atoms with Gasteiger partial charge in [0.25, 0.3) is 0 Å². The fourth-order valence-corrected chi connectivity index (χ4v) is 3.46. The third-order valence-corrected chi connectivity index (χ3v) is 5.43. The van der Waals surface area contributed by atoms with Gasteiger partial charge in [-0.05, 0) is 67.9 Å². The van der Waals surface area contributed by atoms with E-state index >= 15 is 0 Å². The molecule has 5 heteroatoms. The summed E-state index contributed by atoms with van der Waals surface area (Å²) in [5.41, 5.74) is 3.51. The topological polar surface area (TPSA) is 24.1 Å². The van der Waals surface area contributed by atoms with E-state index in [9.17, 15) is 0 Å². The van der Waals surface area contributed by atoms with E-state index in [-0.39, 0.29) is 0 Å². The quantitative estimate of drug-likeness (QED) is 0.499. The molecule has 1 atom stereocenters. The Kier molecular flexibility index (Phi) is 7.40. The SMILES string of the molecule is Cc1ccc(NC(=S)NC[C@@H](C)CSc2ccc(Cl)cc2)c(C)c1. The molecule has 2 nitrogen and oxygen atoms in total. The smallest absolute Gasteiger partial charge is 0.170 e. The summed E-state index contributed by atoms with van der Waals surface area (Å²) < 4.78 is 0. The van der Waals surface area contributed by atoms with Crippen molar-refractivity contribution in [3.63, 3.8) is 0 Å². The summed E-state index contributed by atoms with van der Waals surface area (Å²) in [6.45, 7) is 7.24. The number of hydrogen-bond acceptors (Lipinski definition) is 2. The predicted molar refractivity (Wildman–Crippen MR) is 111 cm³/mol.